The van der Waals surface area contributed by atoms with E-state index >= 15 is 0 Å². The minimum Gasteiger partial charge on any atom is -0.390 e. The molecule has 0 unspecified atom stereocenters. The second-order valence-corrected chi connectivity index (χ2v) is 6.21. The van der Waals surface area contributed by atoms with E-state index in [0.717, 1.165) is 17.6 Å². The molecular weight excluding hydrogens is 228 g/mol. The summed E-state index contributed by atoms with van der Waals surface area (Å²) in [6, 6.07) is 0. The molecule has 0 bridgehead atoms. The Kier molecular flexibility index (Phi) is 3.24. The molecule has 2 aliphatic carbocycles. The fraction of sp³-hybridized carbons (Fsp3) is 0.667. The molecular formula is C15H22O3. The Labute approximate surface area is 108 Å². The van der Waals surface area contributed by atoms with Crippen LogP contribution in [0.2, 0.25) is 0 Å². The zero-order valence-electron chi connectivity index (χ0n) is 11.3. The number of hydrogen-bond acceptors (Lipinski definition) is 3. The maximum Gasteiger partial charge on any atom is 0.156 e. The molecule has 1 saturated carbocycles. The molecule has 0 saturated heterocycles. The van der Waals surface area contributed by atoms with Gasteiger partial charge in [-0.1, -0.05) is 24.6 Å². The molecule has 1 fully saturated rings. The third kappa shape index (κ3) is 1.86. The molecule has 0 amide bonds. The lowest BCUT2D eigenvalue weighted by atomic mass is 9.55. The number of ketones is 1. The summed E-state index contributed by atoms with van der Waals surface area (Å²) in [7, 11) is 0. The summed E-state index contributed by atoms with van der Waals surface area (Å²) >= 11 is 0. The van der Waals surface area contributed by atoms with Crippen LogP contribution >= 0.6 is 0 Å². The monoisotopic (exact) mass is 250 g/mol. The highest BCUT2D eigenvalue weighted by molar-refractivity contribution is 5.92. The Morgan fingerprint density at radius 1 is 1.50 bits per heavy atom. The van der Waals surface area contributed by atoms with Crippen LogP contribution in [0, 0.1) is 17.3 Å². The molecule has 2 N–H and O–H groups in total. The fourth-order valence-electron chi connectivity index (χ4n) is 3.69. The summed E-state index contributed by atoms with van der Waals surface area (Å²) in [6.45, 7) is 9.65. The molecule has 0 aromatic rings. The van der Waals surface area contributed by atoms with Gasteiger partial charge in [0, 0.05) is 17.8 Å². The summed E-state index contributed by atoms with van der Waals surface area (Å²) < 4.78 is 0. The van der Waals surface area contributed by atoms with E-state index in [9.17, 15) is 15.0 Å². The van der Waals surface area contributed by atoms with Crippen LogP contribution < -0.4 is 0 Å². The average Bonchev–Trinajstić information content (AvgIpc) is 2.24. The Hall–Kier alpha value is -0.930. The van der Waals surface area contributed by atoms with Crippen molar-refractivity contribution in [2.45, 2.75) is 45.8 Å². The van der Waals surface area contributed by atoms with Crippen LogP contribution in [-0.2, 0) is 4.79 Å². The standard InChI is InChI=1S/C15H22O3/c1-8(2)11-6-12-9(3)5-10(16)7-15(12,4)14(18)13(11)17/h5,11-14,17-18H,1,6-7H2,2-4H3/t11-,12-,13-,14-,15-/m1/s1. The van der Waals surface area contributed by atoms with Crippen molar-refractivity contribution in [1.82, 2.24) is 0 Å². The van der Waals surface area contributed by atoms with Crippen molar-refractivity contribution in [3.05, 3.63) is 23.8 Å². The number of aliphatic hydroxyl groups excluding tert-OH is 2. The molecule has 0 aromatic heterocycles. The zero-order chi connectivity index (χ0) is 13.7. The number of carbonyl (C=O) groups excluding carboxylic acids is 1. The first-order valence-electron chi connectivity index (χ1n) is 6.50. The Bertz CT molecular complexity index is 423. The summed E-state index contributed by atoms with van der Waals surface area (Å²) in [6.07, 6.45) is 1.08. The van der Waals surface area contributed by atoms with Gasteiger partial charge in [-0.2, -0.15) is 0 Å². The van der Waals surface area contributed by atoms with E-state index < -0.39 is 17.6 Å². The van der Waals surface area contributed by atoms with Crippen LogP contribution in [0.25, 0.3) is 0 Å². The predicted molar refractivity (Wildman–Crippen MR) is 69.9 cm³/mol. The van der Waals surface area contributed by atoms with Crippen molar-refractivity contribution in [3.63, 3.8) is 0 Å². The molecule has 0 aromatic carbocycles. The summed E-state index contributed by atoms with van der Waals surface area (Å²) in [5.74, 6) is 0.108. The topological polar surface area (TPSA) is 57.5 Å². The first-order valence-corrected chi connectivity index (χ1v) is 6.50. The minimum atomic E-state index is -0.870. The van der Waals surface area contributed by atoms with Gasteiger partial charge in [0.25, 0.3) is 0 Å². The molecule has 18 heavy (non-hydrogen) atoms. The highest BCUT2D eigenvalue weighted by Gasteiger charge is 2.53. The first-order chi connectivity index (χ1) is 8.27. The predicted octanol–water partition coefficient (Wildman–Crippen LogP) is 1.85. The molecule has 0 heterocycles. The number of carbonyl (C=O) groups is 1. The summed E-state index contributed by atoms with van der Waals surface area (Å²) in [5.41, 5.74) is 1.38. The van der Waals surface area contributed by atoms with Gasteiger partial charge in [-0.15, -0.1) is 0 Å². The largest absolute Gasteiger partial charge is 0.390 e. The van der Waals surface area contributed by atoms with E-state index in [1.165, 1.54) is 0 Å². The van der Waals surface area contributed by atoms with Crippen LogP contribution in [-0.4, -0.2) is 28.2 Å². The SMILES string of the molecule is C=C(C)[C@H]1C[C@@H]2C(C)=CC(=O)C[C@@]2(C)[C@H](O)[C@@H]1O. The second kappa shape index (κ2) is 4.32. The van der Waals surface area contributed by atoms with Crippen LogP contribution in [0.15, 0.2) is 23.8 Å². The Balaban J connectivity index is 2.42. The Morgan fingerprint density at radius 3 is 2.67 bits per heavy atom. The van der Waals surface area contributed by atoms with Gasteiger partial charge < -0.3 is 10.2 Å². The smallest absolute Gasteiger partial charge is 0.156 e. The normalized spacial score (nSPS) is 44.3. The summed E-state index contributed by atoms with van der Waals surface area (Å²) in [5, 5.41) is 20.7. The van der Waals surface area contributed by atoms with Crippen LogP contribution in [0.5, 0.6) is 0 Å². The van der Waals surface area contributed by atoms with E-state index in [1.54, 1.807) is 6.08 Å². The van der Waals surface area contributed by atoms with Gasteiger partial charge in [0.1, 0.15) is 0 Å². The molecule has 0 spiro atoms. The lowest BCUT2D eigenvalue weighted by Gasteiger charge is -2.52. The van der Waals surface area contributed by atoms with E-state index in [-0.39, 0.29) is 17.6 Å². The van der Waals surface area contributed by atoms with E-state index in [4.69, 9.17) is 0 Å². The van der Waals surface area contributed by atoms with Crippen molar-refractivity contribution in [2.75, 3.05) is 0 Å². The highest BCUT2D eigenvalue weighted by Crippen LogP contribution is 2.52. The second-order valence-electron chi connectivity index (χ2n) is 6.21. The first kappa shape index (κ1) is 13.5. The molecule has 100 valence electrons. The molecule has 3 nitrogen and oxygen atoms in total. The van der Waals surface area contributed by atoms with Crippen molar-refractivity contribution >= 4 is 5.78 Å². The number of fused-ring (bicyclic) bond motifs is 1. The molecule has 5 atom stereocenters. The maximum absolute atomic E-state index is 11.7. The number of aliphatic hydroxyl groups is 2. The van der Waals surface area contributed by atoms with Crippen LogP contribution in [0.4, 0.5) is 0 Å². The fourth-order valence-corrected chi connectivity index (χ4v) is 3.69. The number of hydrogen-bond donors (Lipinski definition) is 2. The molecule has 0 aliphatic heterocycles. The zero-order valence-corrected chi connectivity index (χ0v) is 11.3. The van der Waals surface area contributed by atoms with Gasteiger partial charge in [0.05, 0.1) is 12.2 Å². The number of rotatable bonds is 1. The van der Waals surface area contributed by atoms with Crippen LogP contribution in [0.1, 0.15) is 33.6 Å². The highest BCUT2D eigenvalue weighted by atomic mass is 16.3. The molecule has 3 heteroatoms. The van der Waals surface area contributed by atoms with Gasteiger partial charge in [-0.25, -0.2) is 0 Å². The number of allylic oxidation sites excluding steroid dienone is 2. The van der Waals surface area contributed by atoms with E-state index in [2.05, 4.69) is 6.58 Å². The summed E-state index contributed by atoms with van der Waals surface area (Å²) in [4.78, 5) is 11.7. The lowest BCUT2D eigenvalue weighted by molar-refractivity contribution is -0.145. The minimum absolute atomic E-state index is 0.0475. The van der Waals surface area contributed by atoms with Crippen LogP contribution in [0.3, 0.4) is 0 Å². The quantitative estimate of drug-likeness (QED) is 0.698. The van der Waals surface area contributed by atoms with Gasteiger partial charge in [-0.05, 0) is 32.3 Å². The van der Waals surface area contributed by atoms with E-state index in [0.29, 0.717) is 6.42 Å². The third-order valence-corrected chi connectivity index (χ3v) is 4.82. The van der Waals surface area contributed by atoms with Gasteiger partial charge in [-0.3, -0.25) is 4.79 Å². The van der Waals surface area contributed by atoms with Crippen molar-refractivity contribution in [2.24, 2.45) is 17.3 Å². The Morgan fingerprint density at radius 2 is 2.11 bits per heavy atom. The van der Waals surface area contributed by atoms with Crippen molar-refractivity contribution < 1.29 is 15.0 Å². The molecule has 2 rings (SSSR count). The van der Waals surface area contributed by atoms with Gasteiger partial charge in [0.2, 0.25) is 0 Å². The maximum atomic E-state index is 11.7. The van der Waals surface area contributed by atoms with Crippen molar-refractivity contribution in [1.29, 1.82) is 0 Å². The van der Waals surface area contributed by atoms with Gasteiger partial charge in [0.15, 0.2) is 5.78 Å². The van der Waals surface area contributed by atoms with E-state index in [1.807, 2.05) is 20.8 Å². The lowest BCUT2D eigenvalue weighted by Crippen LogP contribution is -2.56. The third-order valence-electron chi connectivity index (χ3n) is 4.82. The van der Waals surface area contributed by atoms with Crippen molar-refractivity contribution in [3.8, 4) is 0 Å². The molecule has 2 aliphatic rings. The van der Waals surface area contributed by atoms with Gasteiger partial charge >= 0.3 is 0 Å². The average molecular weight is 250 g/mol. The molecule has 0 radical (unpaired) electrons.